The number of carbonyl (C=O) groups is 1. The van der Waals surface area contributed by atoms with Gasteiger partial charge in [-0.1, -0.05) is 6.07 Å². The van der Waals surface area contributed by atoms with E-state index in [0.717, 1.165) is 16.5 Å². The molecule has 0 aliphatic rings. The Bertz CT molecular complexity index is 787. The van der Waals surface area contributed by atoms with Crippen molar-refractivity contribution in [2.24, 2.45) is 0 Å². The second-order valence-corrected chi connectivity index (χ2v) is 5.02. The topological polar surface area (TPSA) is 76.2 Å². The highest BCUT2D eigenvalue weighted by Crippen LogP contribution is 2.32. The molecular formula is C17H17N3O3. The van der Waals surface area contributed by atoms with E-state index >= 15 is 0 Å². The number of nitrogens with one attached hydrogen (secondary N) is 2. The highest BCUT2D eigenvalue weighted by atomic mass is 16.5. The molecule has 0 saturated heterocycles. The van der Waals surface area contributed by atoms with Gasteiger partial charge in [0.1, 0.15) is 5.69 Å². The van der Waals surface area contributed by atoms with Crippen molar-refractivity contribution in [1.29, 1.82) is 0 Å². The minimum absolute atomic E-state index is 0.178. The maximum atomic E-state index is 12.3. The number of fused-ring (bicyclic) bond motifs is 1. The number of ether oxygens (including phenoxy) is 2. The predicted molar refractivity (Wildman–Crippen MR) is 86.8 cm³/mol. The molecule has 118 valence electrons. The maximum Gasteiger partial charge on any atom is 0.267 e. The van der Waals surface area contributed by atoms with Gasteiger partial charge in [-0.05, 0) is 23.8 Å². The first-order valence-corrected chi connectivity index (χ1v) is 7.13. The summed E-state index contributed by atoms with van der Waals surface area (Å²) >= 11 is 0. The largest absolute Gasteiger partial charge is 0.493 e. The summed E-state index contributed by atoms with van der Waals surface area (Å²) in [4.78, 5) is 19.4. The third kappa shape index (κ3) is 3.11. The SMILES string of the molecule is COc1cc2cc(C(=O)NCc3cccnc3)[nH]c2cc1OC. The number of hydrogen-bond donors (Lipinski definition) is 2. The fourth-order valence-corrected chi connectivity index (χ4v) is 2.36. The van der Waals surface area contributed by atoms with Crippen molar-refractivity contribution in [2.45, 2.75) is 6.54 Å². The van der Waals surface area contributed by atoms with Crippen LogP contribution in [0.4, 0.5) is 0 Å². The number of methoxy groups -OCH3 is 2. The van der Waals surface area contributed by atoms with E-state index in [1.165, 1.54) is 0 Å². The molecule has 2 aromatic heterocycles. The van der Waals surface area contributed by atoms with E-state index in [4.69, 9.17) is 9.47 Å². The molecule has 0 bridgehead atoms. The minimum Gasteiger partial charge on any atom is -0.493 e. The van der Waals surface area contributed by atoms with Crippen LogP contribution in [0.1, 0.15) is 16.1 Å². The van der Waals surface area contributed by atoms with E-state index in [-0.39, 0.29) is 5.91 Å². The molecule has 0 atom stereocenters. The van der Waals surface area contributed by atoms with Gasteiger partial charge in [0.15, 0.2) is 11.5 Å². The molecule has 0 spiro atoms. The number of carbonyl (C=O) groups excluding carboxylic acids is 1. The highest BCUT2D eigenvalue weighted by molar-refractivity contribution is 5.98. The lowest BCUT2D eigenvalue weighted by atomic mass is 10.2. The highest BCUT2D eigenvalue weighted by Gasteiger charge is 2.12. The Morgan fingerprint density at radius 2 is 2.00 bits per heavy atom. The quantitative estimate of drug-likeness (QED) is 0.759. The van der Waals surface area contributed by atoms with Crippen molar-refractivity contribution in [3.05, 3.63) is 54.0 Å². The molecule has 2 heterocycles. The number of rotatable bonds is 5. The second-order valence-electron chi connectivity index (χ2n) is 5.02. The molecule has 3 rings (SSSR count). The average molecular weight is 311 g/mol. The zero-order valence-corrected chi connectivity index (χ0v) is 12.9. The van der Waals surface area contributed by atoms with Gasteiger partial charge in [0, 0.05) is 35.9 Å². The molecule has 0 saturated carbocycles. The van der Waals surface area contributed by atoms with E-state index in [1.54, 1.807) is 32.7 Å². The van der Waals surface area contributed by atoms with E-state index in [9.17, 15) is 4.79 Å². The number of aromatic nitrogens is 2. The molecule has 0 aliphatic heterocycles. The van der Waals surface area contributed by atoms with Crippen molar-refractivity contribution in [3.63, 3.8) is 0 Å². The lowest BCUT2D eigenvalue weighted by molar-refractivity contribution is 0.0946. The van der Waals surface area contributed by atoms with E-state index < -0.39 is 0 Å². The van der Waals surface area contributed by atoms with Gasteiger partial charge < -0.3 is 19.8 Å². The molecule has 6 heteroatoms. The van der Waals surface area contributed by atoms with E-state index in [2.05, 4.69) is 15.3 Å². The molecule has 0 unspecified atom stereocenters. The van der Waals surface area contributed by atoms with Crippen LogP contribution in [0, 0.1) is 0 Å². The summed E-state index contributed by atoms with van der Waals surface area (Å²) in [5.74, 6) is 1.06. The number of benzene rings is 1. The maximum absolute atomic E-state index is 12.3. The first kappa shape index (κ1) is 14.9. The summed E-state index contributed by atoms with van der Waals surface area (Å²) in [6, 6.07) is 9.18. The molecule has 3 aromatic rings. The average Bonchev–Trinajstić information content (AvgIpc) is 3.02. The van der Waals surface area contributed by atoms with Gasteiger partial charge in [0.05, 0.1) is 14.2 Å². The monoisotopic (exact) mass is 311 g/mol. The summed E-state index contributed by atoms with van der Waals surface area (Å²) in [6.45, 7) is 0.425. The first-order valence-electron chi connectivity index (χ1n) is 7.13. The van der Waals surface area contributed by atoms with Gasteiger partial charge in [-0.2, -0.15) is 0 Å². The lowest BCUT2D eigenvalue weighted by Crippen LogP contribution is -2.23. The van der Waals surface area contributed by atoms with Crippen molar-refractivity contribution < 1.29 is 14.3 Å². The molecule has 1 amide bonds. The molecule has 2 N–H and O–H groups in total. The minimum atomic E-state index is -0.178. The van der Waals surface area contributed by atoms with Gasteiger partial charge in [0.2, 0.25) is 0 Å². The Kier molecular flexibility index (Phi) is 4.14. The van der Waals surface area contributed by atoms with Crippen LogP contribution in [0.15, 0.2) is 42.7 Å². The number of amides is 1. The van der Waals surface area contributed by atoms with Gasteiger partial charge in [-0.3, -0.25) is 9.78 Å². The van der Waals surface area contributed by atoms with Crippen LogP contribution < -0.4 is 14.8 Å². The Hall–Kier alpha value is -3.02. The summed E-state index contributed by atoms with van der Waals surface area (Å²) in [6.07, 6.45) is 3.42. The molecule has 1 aromatic carbocycles. The van der Waals surface area contributed by atoms with Crippen molar-refractivity contribution >= 4 is 16.8 Å². The van der Waals surface area contributed by atoms with Crippen LogP contribution >= 0.6 is 0 Å². The predicted octanol–water partition coefficient (Wildman–Crippen LogP) is 2.51. The molecular weight excluding hydrogens is 294 g/mol. The Morgan fingerprint density at radius 1 is 1.22 bits per heavy atom. The summed E-state index contributed by atoms with van der Waals surface area (Å²) in [5, 5.41) is 3.74. The zero-order valence-electron chi connectivity index (χ0n) is 12.9. The van der Waals surface area contributed by atoms with Crippen LogP contribution in [-0.4, -0.2) is 30.1 Å². The summed E-state index contributed by atoms with van der Waals surface area (Å²) in [5.41, 5.74) is 2.24. The molecule has 6 nitrogen and oxygen atoms in total. The van der Waals surface area contributed by atoms with Crippen LogP contribution in [-0.2, 0) is 6.54 Å². The summed E-state index contributed by atoms with van der Waals surface area (Å²) in [7, 11) is 3.16. The fourth-order valence-electron chi connectivity index (χ4n) is 2.36. The van der Waals surface area contributed by atoms with Gasteiger partial charge in [-0.25, -0.2) is 0 Å². The van der Waals surface area contributed by atoms with Crippen LogP contribution in [0.25, 0.3) is 10.9 Å². The van der Waals surface area contributed by atoms with E-state index in [0.29, 0.717) is 23.7 Å². The van der Waals surface area contributed by atoms with Gasteiger partial charge >= 0.3 is 0 Å². The standard InChI is InChI=1S/C17H17N3O3/c1-22-15-7-12-6-14(20-13(12)8-16(15)23-2)17(21)19-10-11-4-3-5-18-9-11/h3-9,20H,10H2,1-2H3,(H,19,21). The molecule has 0 aliphatic carbocycles. The third-order valence-electron chi connectivity index (χ3n) is 3.55. The smallest absolute Gasteiger partial charge is 0.267 e. The number of pyridine rings is 1. The third-order valence-corrected chi connectivity index (χ3v) is 3.55. The number of hydrogen-bond acceptors (Lipinski definition) is 4. The van der Waals surface area contributed by atoms with Gasteiger partial charge in [-0.15, -0.1) is 0 Å². The Morgan fingerprint density at radius 3 is 2.70 bits per heavy atom. The van der Waals surface area contributed by atoms with Crippen molar-refractivity contribution in [2.75, 3.05) is 14.2 Å². The molecule has 0 radical (unpaired) electrons. The zero-order chi connectivity index (χ0) is 16.2. The number of nitrogens with zero attached hydrogens (tertiary/aromatic N) is 1. The fraction of sp³-hybridized carbons (Fsp3) is 0.176. The Labute approximate surface area is 133 Å². The second kappa shape index (κ2) is 6.39. The van der Waals surface area contributed by atoms with Crippen molar-refractivity contribution in [1.82, 2.24) is 15.3 Å². The van der Waals surface area contributed by atoms with Crippen molar-refractivity contribution in [3.8, 4) is 11.5 Å². The summed E-state index contributed by atoms with van der Waals surface area (Å²) < 4.78 is 10.5. The van der Waals surface area contributed by atoms with Gasteiger partial charge in [0.25, 0.3) is 5.91 Å². The van der Waals surface area contributed by atoms with Crippen LogP contribution in [0.5, 0.6) is 11.5 Å². The molecule has 0 fully saturated rings. The van der Waals surface area contributed by atoms with Crippen LogP contribution in [0.2, 0.25) is 0 Å². The normalized spacial score (nSPS) is 10.5. The first-order chi connectivity index (χ1) is 11.2. The van der Waals surface area contributed by atoms with E-state index in [1.807, 2.05) is 24.3 Å². The lowest BCUT2D eigenvalue weighted by Gasteiger charge is -2.06. The molecule has 23 heavy (non-hydrogen) atoms. The van der Waals surface area contributed by atoms with Crippen LogP contribution in [0.3, 0.4) is 0 Å². The number of aromatic amines is 1. The number of H-pyrrole nitrogens is 1. The Balaban J connectivity index is 1.81.